The van der Waals surface area contributed by atoms with Gasteiger partial charge in [0, 0.05) is 13.1 Å². The maximum Gasteiger partial charge on any atom is 0.244 e. The third-order valence-corrected chi connectivity index (χ3v) is 6.11. The van der Waals surface area contributed by atoms with Gasteiger partial charge in [-0.1, -0.05) is 42.5 Å². The number of benzene rings is 2. The van der Waals surface area contributed by atoms with Gasteiger partial charge in [0.15, 0.2) is 0 Å². The van der Waals surface area contributed by atoms with Crippen molar-refractivity contribution in [2.24, 2.45) is 0 Å². The summed E-state index contributed by atoms with van der Waals surface area (Å²) in [5.41, 5.74) is 2.33. The van der Waals surface area contributed by atoms with Crippen LogP contribution in [0.5, 0.6) is 0 Å². The van der Waals surface area contributed by atoms with E-state index in [2.05, 4.69) is 5.32 Å². The minimum Gasteiger partial charge on any atom is -0.355 e. The first-order chi connectivity index (χ1) is 14.6. The lowest BCUT2D eigenvalue weighted by atomic mass is 10.1. The maximum absolute atomic E-state index is 13.3. The van der Waals surface area contributed by atoms with E-state index >= 15 is 0 Å². The molecule has 31 heavy (non-hydrogen) atoms. The van der Waals surface area contributed by atoms with Crippen LogP contribution in [0.3, 0.4) is 0 Å². The Balaban J connectivity index is 2.29. The first-order valence-corrected chi connectivity index (χ1v) is 12.1. The van der Waals surface area contributed by atoms with Crippen LogP contribution in [0, 0.1) is 6.92 Å². The standard InChI is InChI=1S/C23H31N3O4S/c1-5-24-23(28)19(3)25(15-14-20-11-7-6-8-12-20)22(27)17-26(31(4,29)30)21-13-9-10-18(2)16-21/h6-13,16,19H,5,14-15,17H2,1-4H3,(H,24,28)/t19-/m0/s1. The molecule has 0 radical (unpaired) electrons. The van der Waals surface area contributed by atoms with E-state index in [0.717, 1.165) is 21.7 Å². The molecule has 0 unspecified atom stereocenters. The largest absolute Gasteiger partial charge is 0.355 e. The van der Waals surface area contributed by atoms with Crippen molar-refractivity contribution in [3.05, 3.63) is 65.7 Å². The van der Waals surface area contributed by atoms with Gasteiger partial charge in [-0.2, -0.15) is 0 Å². The number of hydrogen-bond acceptors (Lipinski definition) is 4. The highest BCUT2D eigenvalue weighted by Gasteiger charge is 2.29. The van der Waals surface area contributed by atoms with Gasteiger partial charge >= 0.3 is 0 Å². The molecule has 0 aliphatic rings. The van der Waals surface area contributed by atoms with E-state index in [4.69, 9.17) is 0 Å². The molecule has 0 spiro atoms. The van der Waals surface area contributed by atoms with Crippen molar-refractivity contribution in [3.8, 4) is 0 Å². The number of carbonyl (C=O) groups excluding carboxylic acids is 2. The third-order valence-electron chi connectivity index (χ3n) is 4.97. The molecule has 0 saturated heterocycles. The second-order valence-electron chi connectivity index (χ2n) is 7.50. The zero-order chi connectivity index (χ0) is 23.0. The van der Waals surface area contributed by atoms with Crippen molar-refractivity contribution in [1.29, 1.82) is 0 Å². The summed E-state index contributed by atoms with van der Waals surface area (Å²) in [5, 5.41) is 2.74. The molecule has 0 heterocycles. The lowest BCUT2D eigenvalue weighted by Gasteiger charge is -2.31. The zero-order valence-electron chi connectivity index (χ0n) is 18.5. The fraction of sp³-hybridized carbons (Fsp3) is 0.391. The Labute approximate surface area is 185 Å². The van der Waals surface area contributed by atoms with Crippen molar-refractivity contribution in [1.82, 2.24) is 10.2 Å². The number of carbonyl (C=O) groups is 2. The Morgan fingerprint density at radius 2 is 1.74 bits per heavy atom. The maximum atomic E-state index is 13.3. The van der Waals surface area contributed by atoms with Gasteiger partial charge in [-0.15, -0.1) is 0 Å². The molecule has 2 aromatic rings. The number of likely N-dealkylation sites (N-methyl/N-ethyl adjacent to an activating group) is 1. The molecular formula is C23H31N3O4S. The van der Waals surface area contributed by atoms with Crippen LogP contribution in [0.2, 0.25) is 0 Å². The monoisotopic (exact) mass is 445 g/mol. The van der Waals surface area contributed by atoms with Gasteiger partial charge in [0.1, 0.15) is 12.6 Å². The lowest BCUT2D eigenvalue weighted by molar-refractivity contribution is -0.138. The molecule has 1 atom stereocenters. The topological polar surface area (TPSA) is 86.8 Å². The molecular weight excluding hydrogens is 414 g/mol. The summed E-state index contributed by atoms with van der Waals surface area (Å²) >= 11 is 0. The van der Waals surface area contributed by atoms with Gasteiger partial charge in [0.05, 0.1) is 11.9 Å². The van der Waals surface area contributed by atoms with Crippen LogP contribution >= 0.6 is 0 Å². The van der Waals surface area contributed by atoms with Crippen LogP contribution in [0.1, 0.15) is 25.0 Å². The van der Waals surface area contributed by atoms with E-state index in [9.17, 15) is 18.0 Å². The summed E-state index contributed by atoms with van der Waals surface area (Å²) in [6.45, 7) is 5.69. The highest BCUT2D eigenvalue weighted by molar-refractivity contribution is 7.92. The normalized spacial score (nSPS) is 12.1. The van der Waals surface area contributed by atoms with E-state index in [-0.39, 0.29) is 12.5 Å². The second kappa shape index (κ2) is 10.9. The number of nitrogens with one attached hydrogen (secondary N) is 1. The highest BCUT2D eigenvalue weighted by atomic mass is 32.2. The van der Waals surface area contributed by atoms with Crippen molar-refractivity contribution in [2.45, 2.75) is 33.2 Å². The Kier molecular flexibility index (Phi) is 8.62. The fourth-order valence-electron chi connectivity index (χ4n) is 3.29. The zero-order valence-corrected chi connectivity index (χ0v) is 19.4. The SMILES string of the molecule is CCNC(=O)[C@H](C)N(CCc1ccccc1)C(=O)CN(c1cccc(C)c1)S(C)(=O)=O. The number of aryl methyl sites for hydroxylation is 1. The summed E-state index contributed by atoms with van der Waals surface area (Å²) in [6.07, 6.45) is 1.63. The van der Waals surface area contributed by atoms with Crippen LogP contribution in [0.15, 0.2) is 54.6 Å². The summed E-state index contributed by atoms with van der Waals surface area (Å²) in [5.74, 6) is -0.702. The summed E-state index contributed by atoms with van der Waals surface area (Å²) in [7, 11) is -3.70. The van der Waals surface area contributed by atoms with Crippen LogP contribution in [-0.4, -0.2) is 57.1 Å². The molecule has 2 aromatic carbocycles. The molecule has 0 aromatic heterocycles. The molecule has 168 valence electrons. The molecule has 0 aliphatic carbocycles. The molecule has 8 heteroatoms. The average Bonchev–Trinajstić information content (AvgIpc) is 2.72. The average molecular weight is 446 g/mol. The summed E-state index contributed by atoms with van der Waals surface area (Å²) in [4.78, 5) is 27.2. The van der Waals surface area contributed by atoms with E-state index in [1.54, 1.807) is 25.1 Å². The van der Waals surface area contributed by atoms with Gasteiger partial charge in [-0.05, 0) is 50.5 Å². The molecule has 0 fully saturated rings. The molecule has 0 bridgehead atoms. The fourth-order valence-corrected chi connectivity index (χ4v) is 4.13. The number of hydrogen-bond donors (Lipinski definition) is 1. The van der Waals surface area contributed by atoms with E-state index in [1.807, 2.05) is 50.2 Å². The molecule has 1 N–H and O–H groups in total. The number of sulfonamides is 1. The van der Waals surface area contributed by atoms with Gasteiger partial charge in [0.25, 0.3) is 0 Å². The molecule has 7 nitrogen and oxygen atoms in total. The van der Waals surface area contributed by atoms with Crippen molar-refractivity contribution in [2.75, 3.05) is 30.2 Å². The summed E-state index contributed by atoms with van der Waals surface area (Å²) < 4.78 is 26.0. The number of anilines is 1. The Morgan fingerprint density at radius 3 is 2.32 bits per heavy atom. The molecule has 2 amide bonds. The number of rotatable bonds is 10. The molecule has 0 saturated carbocycles. The van der Waals surface area contributed by atoms with Crippen molar-refractivity contribution in [3.63, 3.8) is 0 Å². The Morgan fingerprint density at radius 1 is 1.06 bits per heavy atom. The van der Waals surface area contributed by atoms with E-state index < -0.39 is 22.0 Å². The van der Waals surface area contributed by atoms with Gasteiger partial charge in [0.2, 0.25) is 21.8 Å². The summed E-state index contributed by atoms with van der Waals surface area (Å²) in [6, 6.07) is 15.9. The third kappa shape index (κ3) is 7.10. The first kappa shape index (κ1) is 24.4. The van der Waals surface area contributed by atoms with Crippen LogP contribution in [-0.2, 0) is 26.0 Å². The number of nitrogens with zero attached hydrogens (tertiary/aromatic N) is 2. The molecule has 0 aliphatic heterocycles. The Bertz CT molecular complexity index is 993. The quantitative estimate of drug-likeness (QED) is 0.608. The number of amides is 2. The minimum atomic E-state index is -3.70. The van der Waals surface area contributed by atoms with E-state index in [0.29, 0.717) is 25.2 Å². The first-order valence-electron chi connectivity index (χ1n) is 10.3. The van der Waals surface area contributed by atoms with Gasteiger partial charge in [-0.3, -0.25) is 13.9 Å². The van der Waals surface area contributed by atoms with Crippen molar-refractivity contribution >= 4 is 27.5 Å². The predicted octanol–water partition coefficient (Wildman–Crippen LogP) is 2.36. The highest BCUT2D eigenvalue weighted by Crippen LogP contribution is 2.19. The van der Waals surface area contributed by atoms with Crippen LogP contribution in [0.25, 0.3) is 0 Å². The smallest absolute Gasteiger partial charge is 0.244 e. The van der Waals surface area contributed by atoms with Crippen LogP contribution in [0.4, 0.5) is 5.69 Å². The lowest BCUT2D eigenvalue weighted by Crippen LogP contribution is -2.52. The minimum absolute atomic E-state index is 0.273. The predicted molar refractivity (Wildman–Crippen MR) is 123 cm³/mol. The van der Waals surface area contributed by atoms with Crippen molar-refractivity contribution < 1.29 is 18.0 Å². The molecule has 2 rings (SSSR count). The van der Waals surface area contributed by atoms with Gasteiger partial charge in [-0.25, -0.2) is 8.42 Å². The second-order valence-corrected chi connectivity index (χ2v) is 9.41. The van der Waals surface area contributed by atoms with Crippen LogP contribution < -0.4 is 9.62 Å². The van der Waals surface area contributed by atoms with Gasteiger partial charge < -0.3 is 10.2 Å². The Hall–Kier alpha value is -2.87. The van der Waals surface area contributed by atoms with E-state index in [1.165, 1.54) is 4.90 Å².